The van der Waals surface area contributed by atoms with Gasteiger partial charge in [0.05, 0.1) is 5.56 Å². The first-order valence-corrected chi connectivity index (χ1v) is 7.80. The van der Waals surface area contributed by atoms with E-state index in [1.54, 1.807) is 30.5 Å². The highest BCUT2D eigenvalue weighted by molar-refractivity contribution is 7.87. The Morgan fingerprint density at radius 2 is 1.77 bits per heavy atom. The Balaban J connectivity index is 2.10. The lowest BCUT2D eigenvalue weighted by atomic mass is 10.2. The average molecular weight is 310 g/mol. The number of aromatic nitrogens is 1. The van der Waals surface area contributed by atoms with Crippen molar-refractivity contribution in [3.05, 3.63) is 66.4 Å². The van der Waals surface area contributed by atoms with Gasteiger partial charge in [-0.25, -0.2) is 0 Å². The van der Waals surface area contributed by atoms with Crippen LogP contribution in [0.3, 0.4) is 0 Å². The molecule has 3 aromatic rings. The molecule has 0 N–H and O–H groups in total. The van der Waals surface area contributed by atoms with Crippen molar-refractivity contribution in [3.8, 4) is 11.8 Å². The third kappa shape index (κ3) is 2.50. The number of hydrogen-bond donors (Lipinski definition) is 0. The summed E-state index contributed by atoms with van der Waals surface area (Å²) in [5.74, 6) is 0.130. The lowest BCUT2D eigenvalue weighted by Crippen LogP contribution is -2.11. The van der Waals surface area contributed by atoms with Gasteiger partial charge in [0.2, 0.25) is 0 Å². The van der Waals surface area contributed by atoms with Crippen molar-refractivity contribution in [2.45, 2.75) is 4.90 Å². The number of fused-ring (bicyclic) bond motifs is 1. The molecule has 1 aromatic heterocycles. The monoisotopic (exact) mass is 310 g/mol. The Bertz CT molecular complexity index is 986. The van der Waals surface area contributed by atoms with Gasteiger partial charge in [-0.3, -0.25) is 4.98 Å². The van der Waals surface area contributed by atoms with E-state index in [0.29, 0.717) is 5.52 Å². The maximum absolute atomic E-state index is 12.4. The molecule has 1 heterocycles. The quantitative estimate of drug-likeness (QED) is 0.695. The number of para-hydroxylation sites is 1. The molecule has 0 atom stereocenters. The van der Waals surface area contributed by atoms with Gasteiger partial charge in [0.25, 0.3) is 0 Å². The molecule has 2 aromatic carbocycles. The van der Waals surface area contributed by atoms with Crippen molar-refractivity contribution in [1.82, 2.24) is 4.98 Å². The first-order chi connectivity index (χ1) is 10.6. The average Bonchev–Trinajstić information content (AvgIpc) is 2.55. The predicted octanol–water partition coefficient (Wildman–Crippen LogP) is 2.87. The third-order valence-electron chi connectivity index (χ3n) is 3.07. The van der Waals surface area contributed by atoms with Gasteiger partial charge in [-0.1, -0.05) is 30.3 Å². The number of nitriles is 1. The van der Waals surface area contributed by atoms with E-state index in [0.717, 1.165) is 5.39 Å². The molecule has 0 aliphatic rings. The molecule has 0 aliphatic heterocycles. The fourth-order valence-electron chi connectivity index (χ4n) is 2.08. The molecule has 22 heavy (non-hydrogen) atoms. The SMILES string of the molecule is N#Cc1ccccc1S(=O)(=O)Oc1cccc2cccnc12. The van der Waals surface area contributed by atoms with Crippen molar-refractivity contribution in [2.24, 2.45) is 0 Å². The van der Waals surface area contributed by atoms with Gasteiger partial charge in [-0.2, -0.15) is 13.7 Å². The molecule has 0 aliphatic carbocycles. The number of pyridine rings is 1. The van der Waals surface area contributed by atoms with Gasteiger partial charge in [-0.15, -0.1) is 0 Å². The summed E-state index contributed by atoms with van der Waals surface area (Å²) in [5, 5.41) is 9.80. The second kappa shape index (κ2) is 5.47. The Hall–Kier alpha value is -2.91. The molecular formula is C16H10N2O3S. The molecule has 0 saturated carbocycles. The van der Waals surface area contributed by atoms with Crippen LogP contribution in [0.15, 0.2) is 65.7 Å². The topological polar surface area (TPSA) is 80.0 Å². The Labute approximate surface area is 127 Å². The van der Waals surface area contributed by atoms with Crippen LogP contribution in [0, 0.1) is 11.3 Å². The summed E-state index contributed by atoms with van der Waals surface area (Å²) in [5.41, 5.74) is 0.485. The number of nitrogens with zero attached hydrogens (tertiary/aromatic N) is 2. The zero-order valence-electron chi connectivity index (χ0n) is 11.3. The number of hydrogen-bond acceptors (Lipinski definition) is 5. The van der Waals surface area contributed by atoms with Crippen LogP contribution in [0.4, 0.5) is 0 Å². The van der Waals surface area contributed by atoms with Crippen LogP contribution in [-0.2, 0) is 10.1 Å². The molecule has 0 amide bonds. The summed E-state index contributed by atoms with van der Waals surface area (Å²) in [6.45, 7) is 0. The maximum Gasteiger partial charge on any atom is 0.340 e. The van der Waals surface area contributed by atoms with Gasteiger partial charge < -0.3 is 4.18 Å². The van der Waals surface area contributed by atoms with E-state index in [4.69, 9.17) is 9.44 Å². The van der Waals surface area contributed by atoms with E-state index in [1.807, 2.05) is 18.2 Å². The minimum Gasteiger partial charge on any atom is -0.377 e. The molecule has 108 valence electrons. The summed E-state index contributed by atoms with van der Waals surface area (Å²) in [4.78, 5) is 3.99. The highest BCUT2D eigenvalue weighted by Gasteiger charge is 2.21. The third-order valence-corrected chi connectivity index (χ3v) is 4.37. The van der Waals surface area contributed by atoms with Crippen LogP contribution >= 0.6 is 0 Å². The minimum atomic E-state index is -4.11. The van der Waals surface area contributed by atoms with Crippen LogP contribution in [0.25, 0.3) is 10.9 Å². The summed E-state index contributed by atoms with van der Waals surface area (Å²) < 4.78 is 30.1. The Morgan fingerprint density at radius 3 is 2.59 bits per heavy atom. The van der Waals surface area contributed by atoms with Crippen LogP contribution in [0.2, 0.25) is 0 Å². The zero-order chi connectivity index (χ0) is 15.6. The molecule has 0 spiro atoms. The molecule has 0 bridgehead atoms. The fourth-order valence-corrected chi connectivity index (χ4v) is 3.17. The second-order valence-electron chi connectivity index (χ2n) is 4.48. The number of rotatable bonds is 3. The molecule has 0 unspecified atom stereocenters. The van der Waals surface area contributed by atoms with Crippen molar-refractivity contribution in [2.75, 3.05) is 0 Å². The van der Waals surface area contributed by atoms with E-state index < -0.39 is 10.1 Å². The molecule has 3 rings (SSSR count). The molecule has 0 fully saturated rings. The van der Waals surface area contributed by atoms with E-state index in [9.17, 15) is 8.42 Å². The molecular weight excluding hydrogens is 300 g/mol. The fraction of sp³-hybridized carbons (Fsp3) is 0. The minimum absolute atomic E-state index is 0.0377. The Kier molecular flexibility index (Phi) is 3.49. The zero-order valence-corrected chi connectivity index (χ0v) is 12.1. The van der Waals surface area contributed by atoms with Crippen molar-refractivity contribution in [3.63, 3.8) is 0 Å². The van der Waals surface area contributed by atoms with Crippen LogP contribution in [0.1, 0.15) is 5.56 Å². The molecule has 6 heteroatoms. The maximum atomic E-state index is 12.4. The van der Waals surface area contributed by atoms with Gasteiger partial charge in [-0.05, 0) is 24.3 Å². The summed E-state index contributed by atoms with van der Waals surface area (Å²) in [7, 11) is -4.11. The van der Waals surface area contributed by atoms with Crippen LogP contribution in [-0.4, -0.2) is 13.4 Å². The lowest BCUT2D eigenvalue weighted by Gasteiger charge is -2.09. The van der Waals surface area contributed by atoms with E-state index in [2.05, 4.69) is 4.98 Å². The lowest BCUT2D eigenvalue weighted by molar-refractivity contribution is 0.488. The standard InChI is InChI=1S/C16H10N2O3S/c17-11-13-5-1-2-9-15(13)22(19,20)21-14-8-3-6-12-7-4-10-18-16(12)14/h1-10H. The van der Waals surface area contributed by atoms with Crippen molar-refractivity contribution in [1.29, 1.82) is 5.26 Å². The highest BCUT2D eigenvalue weighted by Crippen LogP contribution is 2.27. The van der Waals surface area contributed by atoms with Gasteiger partial charge in [0.1, 0.15) is 16.5 Å². The van der Waals surface area contributed by atoms with Gasteiger partial charge >= 0.3 is 10.1 Å². The summed E-state index contributed by atoms with van der Waals surface area (Å²) >= 11 is 0. The predicted molar refractivity (Wildman–Crippen MR) is 80.7 cm³/mol. The molecule has 0 radical (unpaired) electrons. The first-order valence-electron chi connectivity index (χ1n) is 6.39. The summed E-state index contributed by atoms with van der Waals surface area (Å²) in [6, 6.07) is 16.3. The van der Waals surface area contributed by atoms with E-state index in [1.165, 1.54) is 18.2 Å². The van der Waals surface area contributed by atoms with Crippen molar-refractivity contribution < 1.29 is 12.6 Å². The smallest absolute Gasteiger partial charge is 0.340 e. The van der Waals surface area contributed by atoms with Crippen LogP contribution in [0.5, 0.6) is 5.75 Å². The number of benzene rings is 2. The first kappa shape index (κ1) is 14.0. The van der Waals surface area contributed by atoms with Gasteiger partial charge in [0.15, 0.2) is 5.75 Å². The molecule has 5 nitrogen and oxygen atoms in total. The largest absolute Gasteiger partial charge is 0.377 e. The Morgan fingerprint density at radius 1 is 1.00 bits per heavy atom. The van der Waals surface area contributed by atoms with E-state index >= 15 is 0 Å². The van der Waals surface area contributed by atoms with Crippen LogP contribution < -0.4 is 4.18 Å². The van der Waals surface area contributed by atoms with E-state index in [-0.39, 0.29) is 16.2 Å². The van der Waals surface area contributed by atoms with Gasteiger partial charge in [0, 0.05) is 11.6 Å². The normalized spacial score (nSPS) is 11.0. The summed E-state index contributed by atoms with van der Waals surface area (Å²) in [6.07, 6.45) is 1.56. The molecule has 0 saturated heterocycles. The second-order valence-corrected chi connectivity index (χ2v) is 5.99. The van der Waals surface area contributed by atoms with Crippen molar-refractivity contribution >= 4 is 21.0 Å². The highest BCUT2D eigenvalue weighted by atomic mass is 32.2.